The summed E-state index contributed by atoms with van der Waals surface area (Å²) in [6.45, 7) is 1.85. The van der Waals surface area contributed by atoms with Crippen LogP contribution in [0.4, 0.5) is 4.39 Å². The Labute approximate surface area is 156 Å². The summed E-state index contributed by atoms with van der Waals surface area (Å²) in [5.74, 6) is -0.0202. The van der Waals surface area contributed by atoms with Gasteiger partial charge in [0, 0.05) is 31.6 Å². The Morgan fingerprint density at radius 1 is 1.12 bits per heavy atom. The number of likely N-dealkylation sites (tertiary alicyclic amines) is 2. The zero-order valence-electron chi connectivity index (χ0n) is 14.5. The second-order valence-corrected chi connectivity index (χ2v) is 8.05. The van der Waals surface area contributed by atoms with Crippen molar-refractivity contribution in [3.63, 3.8) is 0 Å². The lowest BCUT2D eigenvalue weighted by atomic mass is 9.84. The third-order valence-electron chi connectivity index (χ3n) is 5.65. The molecule has 2 aliphatic heterocycles. The predicted octanol–water partition coefficient (Wildman–Crippen LogP) is 3.68. The molecule has 136 valence electrons. The molecule has 0 radical (unpaired) electrons. The number of halogens is 1. The van der Waals surface area contributed by atoms with E-state index in [9.17, 15) is 14.0 Å². The van der Waals surface area contributed by atoms with Crippen LogP contribution in [-0.2, 0) is 11.3 Å². The molecule has 2 amide bonds. The van der Waals surface area contributed by atoms with Gasteiger partial charge in [0.15, 0.2) is 0 Å². The van der Waals surface area contributed by atoms with Gasteiger partial charge in [0.2, 0.25) is 5.91 Å². The molecule has 0 aliphatic carbocycles. The van der Waals surface area contributed by atoms with Gasteiger partial charge in [-0.1, -0.05) is 18.2 Å². The summed E-state index contributed by atoms with van der Waals surface area (Å²) in [6, 6.07) is 10.1. The van der Waals surface area contributed by atoms with Crippen molar-refractivity contribution in [1.29, 1.82) is 0 Å². The van der Waals surface area contributed by atoms with Gasteiger partial charge >= 0.3 is 0 Å². The van der Waals surface area contributed by atoms with E-state index in [0.717, 1.165) is 29.7 Å². The van der Waals surface area contributed by atoms with Crippen LogP contribution in [0.2, 0.25) is 0 Å². The molecule has 26 heavy (non-hydrogen) atoms. The fourth-order valence-electron chi connectivity index (χ4n) is 4.10. The van der Waals surface area contributed by atoms with E-state index in [0.29, 0.717) is 26.1 Å². The Kier molecular flexibility index (Phi) is 4.53. The third kappa shape index (κ3) is 3.14. The SMILES string of the molecule is O=C(c1cccs1)N1CCC2(CCC(=O)N2Cc2ccc(F)cc2)CC1. The van der Waals surface area contributed by atoms with Crippen LogP contribution in [0, 0.1) is 5.82 Å². The summed E-state index contributed by atoms with van der Waals surface area (Å²) >= 11 is 1.47. The first-order valence-electron chi connectivity index (χ1n) is 8.95. The molecule has 4 rings (SSSR count). The second-order valence-electron chi connectivity index (χ2n) is 7.10. The topological polar surface area (TPSA) is 40.6 Å². The maximum Gasteiger partial charge on any atom is 0.263 e. The number of rotatable bonds is 3. The van der Waals surface area contributed by atoms with Gasteiger partial charge in [0.1, 0.15) is 5.82 Å². The highest BCUT2D eigenvalue weighted by Gasteiger charge is 2.47. The second kappa shape index (κ2) is 6.83. The van der Waals surface area contributed by atoms with E-state index in [2.05, 4.69) is 0 Å². The maximum atomic E-state index is 13.1. The van der Waals surface area contributed by atoms with Gasteiger partial charge in [0.05, 0.1) is 4.88 Å². The molecule has 1 spiro atoms. The van der Waals surface area contributed by atoms with E-state index in [1.807, 2.05) is 27.3 Å². The first-order valence-corrected chi connectivity index (χ1v) is 9.83. The Hall–Kier alpha value is -2.21. The summed E-state index contributed by atoms with van der Waals surface area (Å²) in [7, 11) is 0. The van der Waals surface area contributed by atoms with E-state index in [1.54, 1.807) is 12.1 Å². The molecule has 2 fully saturated rings. The minimum absolute atomic E-state index is 0.0873. The zero-order valence-corrected chi connectivity index (χ0v) is 15.3. The number of hydrogen-bond acceptors (Lipinski definition) is 3. The molecule has 1 aromatic carbocycles. The molecule has 2 saturated heterocycles. The van der Waals surface area contributed by atoms with Crippen LogP contribution in [0.15, 0.2) is 41.8 Å². The number of amides is 2. The smallest absolute Gasteiger partial charge is 0.263 e. The first-order chi connectivity index (χ1) is 12.6. The van der Waals surface area contributed by atoms with Crippen molar-refractivity contribution in [2.24, 2.45) is 0 Å². The van der Waals surface area contributed by atoms with E-state index >= 15 is 0 Å². The van der Waals surface area contributed by atoms with Gasteiger partial charge in [-0.05, 0) is 48.4 Å². The molecule has 4 nitrogen and oxygen atoms in total. The van der Waals surface area contributed by atoms with Crippen LogP contribution in [0.5, 0.6) is 0 Å². The summed E-state index contributed by atoms with van der Waals surface area (Å²) in [6.07, 6.45) is 3.00. The Morgan fingerprint density at radius 2 is 1.85 bits per heavy atom. The van der Waals surface area contributed by atoms with Crippen molar-refractivity contribution < 1.29 is 14.0 Å². The highest BCUT2D eigenvalue weighted by Crippen LogP contribution is 2.40. The lowest BCUT2D eigenvalue weighted by molar-refractivity contribution is -0.133. The molecule has 3 heterocycles. The maximum absolute atomic E-state index is 13.1. The van der Waals surface area contributed by atoms with Crippen molar-refractivity contribution in [1.82, 2.24) is 9.80 Å². The molecule has 0 bridgehead atoms. The lowest BCUT2D eigenvalue weighted by Gasteiger charge is -2.45. The molecule has 2 aromatic rings. The van der Waals surface area contributed by atoms with E-state index < -0.39 is 0 Å². The van der Waals surface area contributed by atoms with Crippen molar-refractivity contribution in [2.75, 3.05) is 13.1 Å². The van der Waals surface area contributed by atoms with Crippen molar-refractivity contribution >= 4 is 23.2 Å². The van der Waals surface area contributed by atoms with Gasteiger partial charge in [-0.25, -0.2) is 4.39 Å². The first kappa shape index (κ1) is 17.2. The molecular weight excluding hydrogens is 351 g/mol. The number of nitrogens with zero attached hydrogens (tertiary/aromatic N) is 2. The summed E-state index contributed by atoms with van der Waals surface area (Å²) in [5, 5.41) is 1.92. The normalized spacial score (nSPS) is 19.3. The van der Waals surface area contributed by atoms with E-state index in [4.69, 9.17) is 0 Å². The quantitative estimate of drug-likeness (QED) is 0.825. The van der Waals surface area contributed by atoms with Crippen molar-refractivity contribution in [3.05, 3.63) is 58.0 Å². The molecule has 0 unspecified atom stereocenters. The number of carbonyl (C=O) groups is 2. The number of piperidine rings is 1. The fourth-order valence-corrected chi connectivity index (χ4v) is 4.80. The minimum atomic E-state index is -0.267. The van der Waals surface area contributed by atoms with Crippen LogP contribution in [0.1, 0.15) is 40.9 Å². The van der Waals surface area contributed by atoms with Crippen molar-refractivity contribution in [2.45, 2.75) is 37.8 Å². The molecule has 0 atom stereocenters. The molecule has 6 heteroatoms. The highest BCUT2D eigenvalue weighted by atomic mass is 32.1. The summed E-state index contributed by atoms with van der Waals surface area (Å²) in [5.41, 5.74) is 0.774. The van der Waals surface area contributed by atoms with Crippen LogP contribution >= 0.6 is 11.3 Å². The average molecular weight is 372 g/mol. The van der Waals surface area contributed by atoms with Crippen LogP contribution in [-0.4, -0.2) is 40.2 Å². The molecule has 0 saturated carbocycles. The monoisotopic (exact) mass is 372 g/mol. The van der Waals surface area contributed by atoms with Gasteiger partial charge in [0.25, 0.3) is 5.91 Å². The predicted molar refractivity (Wildman–Crippen MR) is 98.4 cm³/mol. The average Bonchev–Trinajstić information content (AvgIpc) is 3.29. The van der Waals surface area contributed by atoms with Crippen LogP contribution in [0.3, 0.4) is 0 Å². The number of carbonyl (C=O) groups excluding carboxylic acids is 2. The summed E-state index contributed by atoms with van der Waals surface area (Å²) < 4.78 is 13.1. The highest BCUT2D eigenvalue weighted by molar-refractivity contribution is 7.12. The molecular formula is C20H21FN2O2S. The minimum Gasteiger partial charge on any atom is -0.338 e. The van der Waals surface area contributed by atoms with E-state index in [1.165, 1.54) is 23.5 Å². The van der Waals surface area contributed by atoms with Gasteiger partial charge in [-0.2, -0.15) is 0 Å². The Bertz CT molecular complexity index is 796. The number of thiophene rings is 1. The van der Waals surface area contributed by atoms with Crippen molar-refractivity contribution in [3.8, 4) is 0 Å². The van der Waals surface area contributed by atoms with Gasteiger partial charge in [-0.3, -0.25) is 9.59 Å². The zero-order chi connectivity index (χ0) is 18.1. The van der Waals surface area contributed by atoms with Crippen LogP contribution < -0.4 is 0 Å². The van der Waals surface area contributed by atoms with Gasteiger partial charge in [-0.15, -0.1) is 11.3 Å². The largest absolute Gasteiger partial charge is 0.338 e. The standard InChI is InChI=1S/C20H21FN2O2S/c21-16-5-3-15(4-6-16)14-23-18(24)7-8-20(23)9-11-22(12-10-20)19(25)17-2-1-13-26-17/h1-6,13H,7-12,14H2. The van der Waals surface area contributed by atoms with Crippen LogP contribution in [0.25, 0.3) is 0 Å². The number of benzene rings is 1. The third-order valence-corrected chi connectivity index (χ3v) is 6.50. The molecule has 1 aromatic heterocycles. The fraction of sp³-hybridized carbons (Fsp3) is 0.400. The summed E-state index contributed by atoms with van der Waals surface area (Å²) in [4.78, 5) is 29.7. The Morgan fingerprint density at radius 3 is 2.50 bits per heavy atom. The molecule has 2 aliphatic rings. The number of hydrogen-bond donors (Lipinski definition) is 0. The Balaban J connectivity index is 1.46. The lowest BCUT2D eigenvalue weighted by Crippen LogP contribution is -2.53. The molecule has 0 N–H and O–H groups in total. The van der Waals surface area contributed by atoms with E-state index in [-0.39, 0.29) is 23.2 Å². The van der Waals surface area contributed by atoms with Gasteiger partial charge < -0.3 is 9.80 Å².